The van der Waals surface area contributed by atoms with Crippen LogP contribution in [0.4, 0.5) is 5.69 Å². The topological polar surface area (TPSA) is 109 Å². The van der Waals surface area contributed by atoms with Crippen LogP contribution in [0.1, 0.15) is 36.5 Å². The van der Waals surface area contributed by atoms with Crippen molar-refractivity contribution in [3.05, 3.63) is 35.1 Å². The average Bonchev–Trinajstić information content (AvgIpc) is 2.53. The van der Waals surface area contributed by atoms with Gasteiger partial charge in [0.2, 0.25) is 5.91 Å². The van der Waals surface area contributed by atoms with Crippen LogP contribution in [0.5, 0.6) is 0 Å². The van der Waals surface area contributed by atoms with Crippen LogP contribution in [-0.2, 0) is 19.4 Å². The van der Waals surface area contributed by atoms with E-state index in [1.165, 1.54) is 23.1 Å². The number of hydrogen-bond acceptors (Lipinski definition) is 6. The average molecular weight is 363 g/mol. The maximum absolute atomic E-state index is 12.7. The zero-order chi connectivity index (χ0) is 18.4. The highest BCUT2D eigenvalue weighted by molar-refractivity contribution is 7.92. The molecule has 1 aliphatic heterocycles. The van der Waals surface area contributed by atoms with Gasteiger partial charge in [-0.05, 0) is 31.5 Å². The Kier molecular flexibility index (Phi) is 4.24. The highest BCUT2D eigenvalue weighted by Crippen LogP contribution is 2.33. The van der Waals surface area contributed by atoms with Crippen molar-refractivity contribution in [2.45, 2.75) is 31.1 Å². The summed E-state index contributed by atoms with van der Waals surface area (Å²) in [4.78, 5) is 38.0. The van der Waals surface area contributed by atoms with Crippen molar-refractivity contribution in [1.29, 1.82) is 0 Å². The molecule has 1 amide bonds. The van der Waals surface area contributed by atoms with Crippen molar-refractivity contribution in [3.63, 3.8) is 0 Å². The number of benzene rings is 1. The van der Waals surface area contributed by atoms with E-state index in [2.05, 4.69) is 0 Å². The molecule has 2 aliphatic rings. The number of ketones is 2. The van der Waals surface area contributed by atoms with Gasteiger partial charge < -0.3 is 10.0 Å². The molecule has 8 heteroatoms. The van der Waals surface area contributed by atoms with Gasteiger partial charge in [0.1, 0.15) is 17.1 Å². The summed E-state index contributed by atoms with van der Waals surface area (Å²) in [7, 11) is -3.75. The van der Waals surface area contributed by atoms with Crippen LogP contribution in [0.15, 0.2) is 34.4 Å². The number of amides is 1. The van der Waals surface area contributed by atoms with Gasteiger partial charge in [-0.2, -0.15) is 0 Å². The summed E-state index contributed by atoms with van der Waals surface area (Å²) in [6.07, 6.45) is 0.928. The standard InChI is InChI=1S/C17H17NO6S/c1-2-18-11-8-10(6-7-14(11)25(23,24)9-15(18)21)17(22)16-12(19)4-3-5-13(16)20/h6-8,19H,2-5,9H2,1H3. The Morgan fingerprint density at radius 3 is 2.60 bits per heavy atom. The molecule has 0 bridgehead atoms. The van der Waals surface area contributed by atoms with Crippen molar-refractivity contribution < 1.29 is 27.9 Å². The highest BCUT2D eigenvalue weighted by atomic mass is 32.2. The number of anilines is 1. The maximum Gasteiger partial charge on any atom is 0.242 e. The van der Waals surface area contributed by atoms with Gasteiger partial charge in [-0.25, -0.2) is 8.42 Å². The fraction of sp³-hybridized carbons (Fsp3) is 0.353. The van der Waals surface area contributed by atoms with E-state index in [4.69, 9.17) is 0 Å². The van der Waals surface area contributed by atoms with E-state index in [1.54, 1.807) is 6.92 Å². The van der Waals surface area contributed by atoms with Crippen molar-refractivity contribution in [1.82, 2.24) is 0 Å². The number of aliphatic hydroxyl groups is 1. The zero-order valence-corrected chi connectivity index (χ0v) is 14.4. The number of hydrogen-bond donors (Lipinski definition) is 1. The Labute approximate surface area is 144 Å². The molecule has 3 rings (SSSR count). The van der Waals surface area contributed by atoms with E-state index in [9.17, 15) is 27.9 Å². The van der Waals surface area contributed by atoms with Gasteiger partial charge in [0.05, 0.1) is 10.6 Å². The van der Waals surface area contributed by atoms with Crippen LogP contribution in [0.3, 0.4) is 0 Å². The molecule has 25 heavy (non-hydrogen) atoms. The fourth-order valence-corrected chi connectivity index (χ4v) is 4.56. The second-order valence-corrected chi connectivity index (χ2v) is 7.97. The third kappa shape index (κ3) is 2.86. The van der Waals surface area contributed by atoms with E-state index in [0.717, 1.165) is 0 Å². The Hall–Kier alpha value is -2.48. The molecule has 0 aromatic heterocycles. The SMILES string of the molecule is CCN1C(=O)CS(=O)(=O)c2ccc(C(=O)C3=C(O)CCCC3=O)cc21. The van der Waals surface area contributed by atoms with E-state index < -0.39 is 33.1 Å². The summed E-state index contributed by atoms with van der Waals surface area (Å²) in [5.41, 5.74) is -0.0499. The fourth-order valence-electron chi connectivity index (χ4n) is 3.16. The van der Waals surface area contributed by atoms with Crippen LogP contribution in [0.2, 0.25) is 0 Å². The second-order valence-electron chi connectivity index (χ2n) is 6.01. The van der Waals surface area contributed by atoms with Crippen molar-refractivity contribution >= 4 is 33.0 Å². The first-order valence-electron chi connectivity index (χ1n) is 7.93. The van der Waals surface area contributed by atoms with Gasteiger partial charge in [0.25, 0.3) is 0 Å². The second kappa shape index (κ2) is 6.11. The molecule has 1 N–H and O–H groups in total. The van der Waals surface area contributed by atoms with Crippen LogP contribution < -0.4 is 4.90 Å². The van der Waals surface area contributed by atoms with Gasteiger partial charge in [0, 0.05) is 24.9 Å². The number of nitrogens with zero attached hydrogens (tertiary/aromatic N) is 1. The molecule has 0 saturated heterocycles. The normalized spacial score (nSPS) is 19.8. The number of carbonyl (C=O) groups excluding carboxylic acids is 3. The number of allylic oxidation sites excluding steroid dienone is 2. The lowest BCUT2D eigenvalue weighted by atomic mass is 9.90. The number of sulfone groups is 1. The molecular formula is C17H17NO6S. The van der Waals surface area contributed by atoms with Gasteiger partial charge in [-0.1, -0.05) is 0 Å². The van der Waals surface area contributed by atoms with Crippen LogP contribution in [0.25, 0.3) is 0 Å². The Balaban J connectivity index is 2.12. The lowest BCUT2D eigenvalue weighted by Crippen LogP contribution is -2.40. The smallest absolute Gasteiger partial charge is 0.242 e. The first kappa shape index (κ1) is 17.3. The summed E-state index contributed by atoms with van der Waals surface area (Å²) in [5, 5.41) is 9.91. The molecule has 1 heterocycles. The molecule has 0 spiro atoms. The molecule has 0 unspecified atom stereocenters. The molecule has 1 aliphatic carbocycles. The molecule has 7 nitrogen and oxygen atoms in total. The van der Waals surface area contributed by atoms with Gasteiger partial charge in [-0.15, -0.1) is 0 Å². The lowest BCUT2D eigenvalue weighted by Gasteiger charge is -2.28. The van der Waals surface area contributed by atoms with Gasteiger partial charge >= 0.3 is 0 Å². The monoisotopic (exact) mass is 363 g/mol. The molecular weight excluding hydrogens is 346 g/mol. The van der Waals surface area contributed by atoms with E-state index in [0.29, 0.717) is 6.42 Å². The third-order valence-corrected chi connectivity index (χ3v) is 6.03. The van der Waals surface area contributed by atoms with Crippen molar-refractivity contribution in [3.8, 4) is 0 Å². The molecule has 0 saturated carbocycles. The number of aliphatic hydroxyl groups excluding tert-OH is 1. The molecule has 0 radical (unpaired) electrons. The molecule has 0 fully saturated rings. The quantitative estimate of drug-likeness (QED) is 0.645. The summed E-state index contributed by atoms with van der Waals surface area (Å²) in [6, 6.07) is 3.89. The van der Waals surface area contributed by atoms with E-state index in [1.807, 2.05) is 0 Å². The van der Waals surface area contributed by atoms with Gasteiger partial charge in [-0.3, -0.25) is 14.4 Å². The minimum absolute atomic E-state index is 0.0151. The van der Waals surface area contributed by atoms with Crippen molar-refractivity contribution in [2.24, 2.45) is 0 Å². The Morgan fingerprint density at radius 2 is 1.96 bits per heavy atom. The van der Waals surface area contributed by atoms with Crippen LogP contribution >= 0.6 is 0 Å². The predicted octanol–water partition coefficient (Wildman–Crippen LogP) is 1.57. The largest absolute Gasteiger partial charge is 0.511 e. The van der Waals surface area contributed by atoms with E-state index >= 15 is 0 Å². The lowest BCUT2D eigenvalue weighted by molar-refractivity contribution is -0.117. The third-order valence-electron chi connectivity index (χ3n) is 4.39. The number of rotatable bonds is 3. The minimum atomic E-state index is -3.75. The first-order chi connectivity index (χ1) is 11.8. The number of carbonyl (C=O) groups is 3. The Bertz CT molecular complexity index is 928. The highest BCUT2D eigenvalue weighted by Gasteiger charge is 2.35. The van der Waals surface area contributed by atoms with Crippen molar-refractivity contribution in [2.75, 3.05) is 17.2 Å². The van der Waals surface area contributed by atoms with E-state index in [-0.39, 0.29) is 46.9 Å². The first-order valence-corrected chi connectivity index (χ1v) is 9.58. The minimum Gasteiger partial charge on any atom is -0.511 e. The number of fused-ring (bicyclic) bond motifs is 1. The summed E-state index contributed by atoms with van der Waals surface area (Å²) < 4.78 is 24.4. The maximum atomic E-state index is 12.7. The molecule has 132 valence electrons. The zero-order valence-electron chi connectivity index (χ0n) is 13.6. The van der Waals surface area contributed by atoms with Gasteiger partial charge in [0.15, 0.2) is 21.4 Å². The predicted molar refractivity (Wildman–Crippen MR) is 89.4 cm³/mol. The number of Topliss-reactive ketones (excluding diaryl/α,β-unsaturated/α-hetero) is 2. The summed E-state index contributed by atoms with van der Waals surface area (Å²) >= 11 is 0. The van der Waals surface area contributed by atoms with Crippen LogP contribution in [-0.4, -0.2) is 43.3 Å². The summed E-state index contributed by atoms with van der Waals surface area (Å²) in [5.74, 6) is -2.49. The Morgan fingerprint density at radius 1 is 1.24 bits per heavy atom. The molecule has 1 aromatic rings. The molecule has 0 atom stereocenters. The summed E-state index contributed by atoms with van der Waals surface area (Å²) in [6.45, 7) is 1.96. The molecule has 1 aromatic carbocycles. The van der Waals surface area contributed by atoms with Crippen LogP contribution in [0, 0.1) is 0 Å².